The van der Waals surface area contributed by atoms with Gasteiger partial charge in [0, 0.05) is 26.0 Å². The van der Waals surface area contributed by atoms with E-state index in [1.54, 1.807) is 22.5 Å². The first-order valence-electron chi connectivity index (χ1n) is 7.08. The van der Waals surface area contributed by atoms with Crippen LogP contribution in [-0.4, -0.2) is 47.4 Å². The molecule has 6 heteroatoms. The van der Waals surface area contributed by atoms with E-state index in [4.69, 9.17) is 4.42 Å². The molecule has 0 radical (unpaired) electrons. The van der Waals surface area contributed by atoms with E-state index in [-0.39, 0.29) is 11.9 Å². The highest BCUT2D eigenvalue weighted by atomic mass is 32.1. The quantitative estimate of drug-likeness (QED) is 0.870. The second-order valence-electron chi connectivity index (χ2n) is 5.48. The van der Waals surface area contributed by atoms with Crippen molar-refractivity contribution >= 4 is 17.2 Å². The summed E-state index contributed by atoms with van der Waals surface area (Å²) >= 11 is 1.58. The number of thiazole rings is 1. The molecule has 0 bridgehead atoms. The summed E-state index contributed by atoms with van der Waals surface area (Å²) in [7, 11) is 3.63. The topological polar surface area (TPSA) is 49.6 Å². The number of furan rings is 1. The van der Waals surface area contributed by atoms with Crippen molar-refractivity contribution in [1.29, 1.82) is 0 Å². The molecule has 0 spiro atoms. The van der Waals surface area contributed by atoms with Crippen molar-refractivity contribution in [1.82, 2.24) is 14.8 Å². The molecule has 0 N–H and O–H groups in total. The van der Waals surface area contributed by atoms with Gasteiger partial charge in [-0.2, -0.15) is 0 Å². The number of hydrogen-bond donors (Lipinski definition) is 0. The average molecular weight is 305 g/mol. The summed E-state index contributed by atoms with van der Waals surface area (Å²) < 4.78 is 5.37. The predicted molar refractivity (Wildman–Crippen MR) is 81.9 cm³/mol. The third-order valence-electron chi connectivity index (χ3n) is 3.74. The van der Waals surface area contributed by atoms with Crippen LogP contribution in [0.15, 0.2) is 28.2 Å². The van der Waals surface area contributed by atoms with E-state index in [2.05, 4.69) is 9.88 Å². The van der Waals surface area contributed by atoms with Crippen molar-refractivity contribution in [3.63, 3.8) is 0 Å². The van der Waals surface area contributed by atoms with Gasteiger partial charge in [0.1, 0.15) is 0 Å². The third-order valence-corrected chi connectivity index (χ3v) is 4.64. The highest BCUT2D eigenvalue weighted by Crippen LogP contribution is 2.26. The standard InChI is InChI=1S/C15H19N3O2S/c1-17(2)15(19)12-5-3-7-18(12)9-11-10-21-14(16-11)13-6-4-8-20-13/h4,6,8,10,12H,3,5,7,9H2,1-2H3. The lowest BCUT2D eigenvalue weighted by molar-refractivity contribution is -0.133. The minimum atomic E-state index is -0.00578. The van der Waals surface area contributed by atoms with Crippen molar-refractivity contribution in [2.75, 3.05) is 20.6 Å². The number of likely N-dealkylation sites (N-methyl/N-ethyl adjacent to an activating group) is 1. The maximum atomic E-state index is 12.2. The Morgan fingerprint density at radius 2 is 2.43 bits per heavy atom. The van der Waals surface area contributed by atoms with Gasteiger partial charge in [-0.1, -0.05) is 0 Å². The lowest BCUT2D eigenvalue weighted by Crippen LogP contribution is -2.42. The second kappa shape index (κ2) is 5.99. The molecule has 0 aromatic carbocycles. The van der Waals surface area contributed by atoms with Gasteiger partial charge in [0.05, 0.1) is 18.0 Å². The molecule has 2 aromatic heterocycles. The number of nitrogens with zero attached hydrogens (tertiary/aromatic N) is 3. The third kappa shape index (κ3) is 3.01. The molecular formula is C15H19N3O2S. The van der Waals surface area contributed by atoms with Gasteiger partial charge < -0.3 is 9.32 Å². The van der Waals surface area contributed by atoms with Crippen molar-refractivity contribution in [3.8, 4) is 10.8 Å². The molecule has 1 unspecified atom stereocenters. The van der Waals surface area contributed by atoms with Crippen LogP contribution >= 0.6 is 11.3 Å². The molecule has 5 nitrogen and oxygen atoms in total. The number of hydrogen-bond acceptors (Lipinski definition) is 5. The van der Waals surface area contributed by atoms with Crippen LogP contribution in [-0.2, 0) is 11.3 Å². The van der Waals surface area contributed by atoms with Crippen molar-refractivity contribution in [3.05, 3.63) is 29.5 Å². The zero-order valence-corrected chi connectivity index (χ0v) is 13.1. The number of likely N-dealkylation sites (tertiary alicyclic amines) is 1. The van der Waals surface area contributed by atoms with Gasteiger partial charge in [-0.25, -0.2) is 4.98 Å². The van der Waals surface area contributed by atoms with Crippen molar-refractivity contribution in [2.24, 2.45) is 0 Å². The SMILES string of the molecule is CN(C)C(=O)C1CCCN1Cc1csc(-c2ccco2)n1. The van der Waals surface area contributed by atoms with E-state index in [9.17, 15) is 4.79 Å². The van der Waals surface area contributed by atoms with E-state index < -0.39 is 0 Å². The molecule has 0 saturated carbocycles. The average Bonchev–Trinajstić information content (AvgIpc) is 3.19. The Kier molecular flexibility index (Phi) is 4.07. The Morgan fingerprint density at radius 3 is 3.14 bits per heavy atom. The van der Waals surface area contributed by atoms with Crippen molar-refractivity contribution in [2.45, 2.75) is 25.4 Å². The van der Waals surface area contributed by atoms with Crippen LogP contribution in [0.5, 0.6) is 0 Å². The van der Waals surface area contributed by atoms with Crippen molar-refractivity contribution < 1.29 is 9.21 Å². The largest absolute Gasteiger partial charge is 0.462 e. The first kappa shape index (κ1) is 14.3. The summed E-state index contributed by atoms with van der Waals surface area (Å²) in [4.78, 5) is 20.7. The fraction of sp³-hybridized carbons (Fsp3) is 0.467. The maximum Gasteiger partial charge on any atom is 0.239 e. The lowest BCUT2D eigenvalue weighted by Gasteiger charge is -2.25. The van der Waals surface area contributed by atoms with Gasteiger partial charge in [-0.15, -0.1) is 11.3 Å². The van der Waals surface area contributed by atoms with E-state index in [1.165, 1.54) is 0 Å². The van der Waals surface area contributed by atoms with Crippen LogP contribution < -0.4 is 0 Å². The molecule has 1 saturated heterocycles. The molecule has 0 aliphatic carbocycles. The normalized spacial score (nSPS) is 19.0. The zero-order chi connectivity index (χ0) is 14.8. The Bertz CT molecular complexity index is 606. The molecule has 21 heavy (non-hydrogen) atoms. The molecule has 3 heterocycles. The van der Waals surface area contributed by atoms with E-state index in [0.717, 1.165) is 42.4 Å². The highest BCUT2D eigenvalue weighted by molar-refractivity contribution is 7.13. The van der Waals surface area contributed by atoms with Crippen LogP contribution in [0.2, 0.25) is 0 Å². The fourth-order valence-corrected chi connectivity index (χ4v) is 3.47. The number of rotatable bonds is 4. The molecule has 1 atom stereocenters. The fourth-order valence-electron chi connectivity index (χ4n) is 2.69. The monoisotopic (exact) mass is 305 g/mol. The minimum Gasteiger partial charge on any atom is -0.462 e. The molecule has 112 valence electrons. The van der Waals surface area contributed by atoms with Gasteiger partial charge in [0.2, 0.25) is 5.91 Å². The van der Waals surface area contributed by atoms with E-state index in [0.29, 0.717) is 0 Å². The molecule has 2 aromatic rings. The molecule has 3 rings (SSSR count). The second-order valence-corrected chi connectivity index (χ2v) is 6.34. The van der Waals surface area contributed by atoms with Gasteiger partial charge in [-0.05, 0) is 31.5 Å². The zero-order valence-electron chi connectivity index (χ0n) is 12.3. The number of carbonyl (C=O) groups excluding carboxylic acids is 1. The maximum absolute atomic E-state index is 12.2. The molecule has 1 fully saturated rings. The number of carbonyl (C=O) groups is 1. The number of amides is 1. The summed E-state index contributed by atoms with van der Waals surface area (Å²) in [5.41, 5.74) is 1.00. The lowest BCUT2D eigenvalue weighted by atomic mass is 10.2. The Balaban J connectivity index is 1.70. The summed E-state index contributed by atoms with van der Waals surface area (Å²) in [5.74, 6) is 0.988. The Morgan fingerprint density at radius 1 is 1.57 bits per heavy atom. The smallest absolute Gasteiger partial charge is 0.239 e. The highest BCUT2D eigenvalue weighted by Gasteiger charge is 2.31. The predicted octanol–water partition coefficient (Wildman–Crippen LogP) is 2.46. The van der Waals surface area contributed by atoms with Crippen LogP contribution in [0, 0.1) is 0 Å². The summed E-state index contributed by atoms with van der Waals surface area (Å²) in [6, 6.07) is 3.77. The van der Waals surface area contributed by atoms with Crippen LogP contribution in [0.1, 0.15) is 18.5 Å². The Hall–Kier alpha value is -1.66. The molecule has 1 aliphatic heterocycles. The first-order valence-corrected chi connectivity index (χ1v) is 7.96. The minimum absolute atomic E-state index is 0.00578. The van der Waals surface area contributed by atoms with Gasteiger partial charge >= 0.3 is 0 Å². The summed E-state index contributed by atoms with van der Waals surface area (Å²) in [5, 5.41) is 2.94. The summed E-state index contributed by atoms with van der Waals surface area (Å²) in [6.45, 7) is 1.68. The number of aromatic nitrogens is 1. The van der Waals surface area contributed by atoms with E-state index >= 15 is 0 Å². The molecule has 1 amide bonds. The molecule has 1 aliphatic rings. The van der Waals surface area contributed by atoms with E-state index in [1.807, 2.05) is 31.6 Å². The van der Waals surface area contributed by atoms with Gasteiger partial charge in [-0.3, -0.25) is 9.69 Å². The van der Waals surface area contributed by atoms with Crippen LogP contribution in [0.25, 0.3) is 10.8 Å². The van der Waals surface area contributed by atoms with Gasteiger partial charge in [0.15, 0.2) is 10.8 Å². The van der Waals surface area contributed by atoms with Gasteiger partial charge in [0.25, 0.3) is 0 Å². The van der Waals surface area contributed by atoms with Crippen LogP contribution in [0.3, 0.4) is 0 Å². The van der Waals surface area contributed by atoms with Crippen LogP contribution in [0.4, 0.5) is 0 Å². The summed E-state index contributed by atoms with van der Waals surface area (Å²) in [6.07, 6.45) is 3.66. The molecular weight excluding hydrogens is 286 g/mol. The Labute approximate surface area is 128 Å². The first-order chi connectivity index (χ1) is 10.1.